The van der Waals surface area contributed by atoms with Gasteiger partial charge in [0, 0.05) is 5.54 Å². The molecule has 0 spiro atoms. The highest BCUT2D eigenvalue weighted by Crippen LogP contribution is 2.31. The van der Waals surface area contributed by atoms with Crippen LogP contribution in [0.2, 0.25) is 0 Å². The van der Waals surface area contributed by atoms with Crippen molar-refractivity contribution in [3.8, 4) is 5.75 Å². The van der Waals surface area contributed by atoms with Gasteiger partial charge in [-0.3, -0.25) is 0 Å². The van der Waals surface area contributed by atoms with Crippen LogP contribution in [0.3, 0.4) is 0 Å². The summed E-state index contributed by atoms with van der Waals surface area (Å²) >= 11 is 0. The zero-order valence-electron chi connectivity index (χ0n) is 11.7. The molecule has 0 amide bonds. The number of nitrogens with zero attached hydrogens (tertiary/aromatic N) is 1. The highest BCUT2D eigenvalue weighted by Gasteiger charge is 2.28. The molecule has 0 heterocycles. The molecule has 0 fully saturated rings. The quantitative estimate of drug-likeness (QED) is 0.872. The molecule has 1 rings (SSSR count). The molecule has 3 nitrogen and oxygen atoms in total. The Kier molecular flexibility index (Phi) is 4.17. The van der Waals surface area contributed by atoms with Gasteiger partial charge in [-0.15, -0.1) is 0 Å². The van der Waals surface area contributed by atoms with Gasteiger partial charge in [0.1, 0.15) is 5.75 Å². The molecule has 0 radical (unpaired) electrons. The van der Waals surface area contributed by atoms with E-state index < -0.39 is 0 Å². The summed E-state index contributed by atoms with van der Waals surface area (Å²) in [5.41, 5.74) is 8.34. The minimum Gasteiger partial charge on any atom is -0.496 e. The number of aryl methyl sites for hydroxylation is 1. The molecule has 2 N–H and O–H groups in total. The molecule has 0 aliphatic rings. The van der Waals surface area contributed by atoms with Gasteiger partial charge in [0.15, 0.2) is 0 Å². The van der Waals surface area contributed by atoms with Crippen molar-refractivity contribution >= 4 is 0 Å². The molecule has 0 saturated heterocycles. The Bertz CT molecular complexity index is 380. The largest absolute Gasteiger partial charge is 0.496 e. The van der Waals surface area contributed by atoms with E-state index in [4.69, 9.17) is 10.5 Å². The van der Waals surface area contributed by atoms with Crippen LogP contribution in [0.1, 0.15) is 31.0 Å². The summed E-state index contributed by atoms with van der Waals surface area (Å²) in [6, 6.07) is 6.43. The lowest BCUT2D eigenvalue weighted by Crippen LogP contribution is -2.45. The van der Waals surface area contributed by atoms with Crippen LogP contribution in [0.15, 0.2) is 18.2 Å². The number of rotatable bonds is 4. The summed E-state index contributed by atoms with van der Waals surface area (Å²) in [6.45, 7) is 6.16. The maximum absolute atomic E-state index is 6.26. The van der Waals surface area contributed by atoms with Crippen LogP contribution in [-0.2, 0) is 0 Å². The number of methoxy groups -OCH3 is 1. The van der Waals surface area contributed by atoms with E-state index in [0.29, 0.717) is 0 Å². The number of hydrogen-bond donors (Lipinski definition) is 1. The maximum atomic E-state index is 6.26. The average molecular weight is 236 g/mol. The highest BCUT2D eigenvalue weighted by molar-refractivity contribution is 5.38. The fraction of sp³-hybridized carbons (Fsp3) is 0.571. The fourth-order valence-corrected chi connectivity index (χ4v) is 2.46. The Morgan fingerprint density at radius 3 is 2.24 bits per heavy atom. The molecular formula is C14H24N2O. The topological polar surface area (TPSA) is 38.5 Å². The van der Waals surface area contributed by atoms with E-state index in [-0.39, 0.29) is 11.6 Å². The Morgan fingerprint density at radius 2 is 1.88 bits per heavy atom. The van der Waals surface area contributed by atoms with Crippen molar-refractivity contribution in [2.45, 2.75) is 32.4 Å². The van der Waals surface area contributed by atoms with Gasteiger partial charge >= 0.3 is 0 Å². The summed E-state index contributed by atoms with van der Waals surface area (Å²) in [7, 11) is 5.80. The molecule has 1 aromatic carbocycles. The van der Waals surface area contributed by atoms with Crippen LogP contribution in [0.5, 0.6) is 5.75 Å². The first kappa shape index (κ1) is 14.0. The molecule has 0 saturated carbocycles. The fourth-order valence-electron chi connectivity index (χ4n) is 2.46. The summed E-state index contributed by atoms with van der Waals surface area (Å²) in [5, 5.41) is 0. The third-order valence-corrected chi connectivity index (χ3v) is 2.96. The van der Waals surface area contributed by atoms with Gasteiger partial charge in [-0.25, -0.2) is 0 Å². The van der Waals surface area contributed by atoms with E-state index in [0.717, 1.165) is 11.3 Å². The zero-order valence-corrected chi connectivity index (χ0v) is 11.7. The van der Waals surface area contributed by atoms with Gasteiger partial charge in [-0.1, -0.05) is 12.1 Å². The normalized spacial score (nSPS) is 13.9. The minimum absolute atomic E-state index is 0.187. The molecule has 1 aromatic rings. The predicted molar refractivity (Wildman–Crippen MR) is 72.4 cm³/mol. The molecule has 96 valence electrons. The summed E-state index contributed by atoms with van der Waals surface area (Å²) in [6.07, 6.45) is 0. The molecule has 17 heavy (non-hydrogen) atoms. The predicted octanol–water partition coefficient (Wildman–Crippen LogP) is 2.34. The van der Waals surface area contributed by atoms with Gasteiger partial charge in [-0.2, -0.15) is 0 Å². The Labute approximate surface area is 105 Å². The molecule has 1 unspecified atom stereocenters. The summed E-state index contributed by atoms with van der Waals surface area (Å²) < 4.78 is 5.28. The number of nitrogens with two attached hydrogens (primary N) is 1. The Hall–Kier alpha value is -1.06. The van der Waals surface area contributed by atoms with E-state index in [1.165, 1.54) is 5.56 Å². The zero-order chi connectivity index (χ0) is 13.2. The monoisotopic (exact) mass is 236 g/mol. The number of benzene rings is 1. The molecular weight excluding hydrogens is 212 g/mol. The highest BCUT2D eigenvalue weighted by atomic mass is 16.5. The first-order valence-electron chi connectivity index (χ1n) is 5.87. The number of hydrogen-bond acceptors (Lipinski definition) is 3. The second-order valence-electron chi connectivity index (χ2n) is 5.42. The van der Waals surface area contributed by atoms with E-state index in [2.05, 4.69) is 51.9 Å². The Balaban J connectivity index is 3.17. The maximum Gasteiger partial charge on any atom is 0.121 e. The standard InChI is InChI=1S/C14H24N2O/c1-10-9-11(7-8-12(10)17-6)13(16(4)5)14(2,3)15/h7-9,13H,15H2,1-6H3. The number of likely N-dealkylation sites (N-methyl/N-ethyl adjacent to an activating group) is 1. The average Bonchev–Trinajstić information content (AvgIpc) is 2.15. The first-order valence-corrected chi connectivity index (χ1v) is 5.87. The van der Waals surface area contributed by atoms with Crippen LogP contribution in [0, 0.1) is 6.92 Å². The van der Waals surface area contributed by atoms with Crippen molar-refractivity contribution in [3.63, 3.8) is 0 Å². The van der Waals surface area contributed by atoms with Crippen LogP contribution < -0.4 is 10.5 Å². The Morgan fingerprint density at radius 1 is 1.29 bits per heavy atom. The lowest BCUT2D eigenvalue weighted by atomic mass is 9.88. The first-order chi connectivity index (χ1) is 7.77. The van der Waals surface area contributed by atoms with Crippen molar-refractivity contribution in [1.29, 1.82) is 0 Å². The van der Waals surface area contributed by atoms with E-state index in [9.17, 15) is 0 Å². The van der Waals surface area contributed by atoms with Crippen molar-refractivity contribution in [2.24, 2.45) is 5.73 Å². The van der Waals surface area contributed by atoms with Crippen LogP contribution >= 0.6 is 0 Å². The minimum atomic E-state index is -0.287. The SMILES string of the molecule is COc1ccc(C(N(C)C)C(C)(C)N)cc1C. The van der Waals surface area contributed by atoms with Crippen LogP contribution in [0.25, 0.3) is 0 Å². The van der Waals surface area contributed by atoms with E-state index in [1.807, 2.05) is 6.07 Å². The van der Waals surface area contributed by atoms with Crippen LogP contribution in [-0.4, -0.2) is 31.6 Å². The third-order valence-electron chi connectivity index (χ3n) is 2.96. The van der Waals surface area contributed by atoms with Gasteiger partial charge in [0.05, 0.1) is 13.2 Å². The third kappa shape index (κ3) is 3.20. The van der Waals surface area contributed by atoms with Crippen LogP contribution in [0.4, 0.5) is 0 Å². The van der Waals surface area contributed by atoms with Gasteiger partial charge in [0.25, 0.3) is 0 Å². The molecule has 0 aromatic heterocycles. The van der Waals surface area contributed by atoms with Crippen molar-refractivity contribution < 1.29 is 4.74 Å². The van der Waals surface area contributed by atoms with E-state index >= 15 is 0 Å². The second kappa shape index (κ2) is 5.07. The van der Waals surface area contributed by atoms with E-state index in [1.54, 1.807) is 7.11 Å². The second-order valence-corrected chi connectivity index (χ2v) is 5.42. The van der Waals surface area contributed by atoms with Crippen molar-refractivity contribution in [3.05, 3.63) is 29.3 Å². The molecule has 0 aliphatic carbocycles. The van der Waals surface area contributed by atoms with Crippen molar-refractivity contribution in [1.82, 2.24) is 4.90 Å². The smallest absolute Gasteiger partial charge is 0.121 e. The lowest BCUT2D eigenvalue weighted by Gasteiger charge is -2.36. The van der Waals surface area contributed by atoms with Crippen molar-refractivity contribution in [2.75, 3.05) is 21.2 Å². The summed E-state index contributed by atoms with van der Waals surface area (Å²) in [5.74, 6) is 0.918. The molecule has 3 heteroatoms. The summed E-state index contributed by atoms with van der Waals surface area (Å²) in [4.78, 5) is 2.15. The van der Waals surface area contributed by atoms with Gasteiger partial charge in [-0.05, 0) is 52.1 Å². The molecule has 0 aliphatic heterocycles. The lowest BCUT2D eigenvalue weighted by molar-refractivity contribution is 0.204. The van der Waals surface area contributed by atoms with Gasteiger partial charge in [0.2, 0.25) is 0 Å². The van der Waals surface area contributed by atoms with Gasteiger partial charge < -0.3 is 15.4 Å². The molecule has 0 bridgehead atoms. The molecule has 1 atom stereocenters. The number of ether oxygens (including phenoxy) is 1.